The Balaban J connectivity index is 1.60. The summed E-state index contributed by atoms with van der Waals surface area (Å²) in [5, 5.41) is 9.67. The molecule has 2 aliphatic heterocycles. The number of amides is 2. The highest BCUT2D eigenvalue weighted by Gasteiger charge is 2.32. The second kappa shape index (κ2) is 8.25. The van der Waals surface area contributed by atoms with Crippen LogP contribution in [0.2, 0.25) is 0 Å². The van der Waals surface area contributed by atoms with E-state index in [1.54, 1.807) is 18.3 Å². The molecule has 0 saturated carbocycles. The van der Waals surface area contributed by atoms with E-state index < -0.39 is 6.04 Å². The maximum atomic E-state index is 12.1. The predicted molar refractivity (Wildman–Crippen MR) is 128 cm³/mol. The Kier molecular flexibility index (Phi) is 5.36. The second-order valence-corrected chi connectivity index (χ2v) is 9.80. The number of aliphatic imine (C=N–C) groups is 1. The topological polar surface area (TPSA) is 97.5 Å². The van der Waals surface area contributed by atoms with E-state index in [2.05, 4.69) is 24.0 Å². The van der Waals surface area contributed by atoms with Gasteiger partial charge in [0.05, 0.1) is 12.3 Å². The average molecular weight is 474 g/mol. The van der Waals surface area contributed by atoms with E-state index in [-0.39, 0.29) is 30.6 Å². The lowest BCUT2D eigenvalue weighted by Crippen LogP contribution is -2.29. The molecule has 4 heterocycles. The van der Waals surface area contributed by atoms with Gasteiger partial charge in [0.25, 0.3) is 11.8 Å². The SMILES string of the molecule is CC(=O)C[C@@H]1N=C(c2ccc(CN3C(=O)C=CC3=O)cc2)c2c(sc(C)c2C)-n2c(C)nnc21. The summed E-state index contributed by atoms with van der Waals surface area (Å²) in [7, 11) is 0. The lowest BCUT2D eigenvalue weighted by atomic mass is 9.98. The van der Waals surface area contributed by atoms with Gasteiger partial charge in [-0.05, 0) is 38.8 Å². The van der Waals surface area contributed by atoms with Crippen LogP contribution in [-0.2, 0) is 20.9 Å². The van der Waals surface area contributed by atoms with Gasteiger partial charge >= 0.3 is 0 Å². The standard InChI is InChI=1S/C25H23N5O3S/c1-13(31)11-19-24-28-27-16(4)30(24)25-22(14(2)15(3)34-25)23(26-19)18-7-5-17(6-8-18)12-29-20(32)9-10-21(29)33/h5-10,19H,11-12H2,1-4H3/t19-/m0/s1. The van der Waals surface area contributed by atoms with Crippen LogP contribution < -0.4 is 0 Å². The fraction of sp³-hybridized carbons (Fsp3) is 0.280. The quantitative estimate of drug-likeness (QED) is 0.528. The van der Waals surface area contributed by atoms with Crippen LogP contribution in [0, 0.1) is 20.8 Å². The summed E-state index contributed by atoms with van der Waals surface area (Å²) in [6, 6.07) is 7.26. The van der Waals surface area contributed by atoms with Crippen LogP contribution in [0.1, 0.15) is 58.2 Å². The van der Waals surface area contributed by atoms with E-state index in [4.69, 9.17) is 4.99 Å². The highest BCUT2D eigenvalue weighted by Crippen LogP contribution is 2.39. The lowest BCUT2D eigenvalue weighted by molar-refractivity contribution is -0.137. The van der Waals surface area contributed by atoms with Crippen molar-refractivity contribution in [2.45, 2.75) is 46.7 Å². The maximum Gasteiger partial charge on any atom is 0.253 e. The summed E-state index contributed by atoms with van der Waals surface area (Å²) in [4.78, 5) is 43.4. The van der Waals surface area contributed by atoms with E-state index in [1.165, 1.54) is 21.9 Å². The van der Waals surface area contributed by atoms with E-state index in [9.17, 15) is 14.4 Å². The predicted octanol–water partition coefficient (Wildman–Crippen LogP) is 3.55. The van der Waals surface area contributed by atoms with Crippen LogP contribution >= 0.6 is 11.3 Å². The maximum absolute atomic E-state index is 12.1. The average Bonchev–Trinajstić information content (AvgIpc) is 3.39. The van der Waals surface area contributed by atoms with Crippen molar-refractivity contribution in [1.82, 2.24) is 19.7 Å². The van der Waals surface area contributed by atoms with Gasteiger partial charge in [0, 0.05) is 34.6 Å². The number of carbonyl (C=O) groups excluding carboxylic acids is 3. The van der Waals surface area contributed by atoms with Crippen LogP contribution in [0.15, 0.2) is 41.4 Å². The third-order valence-corrected chi connectivity index (χ3v) is 7.38. The molecule has 0 bridgehead atoms. The Morgan fingerprint density at radius 1 is 1.03 bits per heavy atom. The third kappa shape index (κ3) is 3.62. The molecule has 5 rings (SSSR count). The normalized spacial score (nSPS) is 17.0. The largest absolute Gasteiger partial charge is 0.300 e. The molecule has 0 unspecified atom stereocenters. The van der Waals surface area contributed by atoms with Crippen molar-refractivity contribution in [3.05, 3.63) is 75.2 Å². The van der Waals surface area contributed by atoms with Crippen molar-refractivity contribution in [3.8, 4) is 5.00 Å². The molecule has 34 heavy (non-hydrogen) atoms. The molecule has 0 N–H and O–H groups in total. The molecule has 3 aromatic rings. The number of rotatable bonds is 5. The van der Waals surface area contributed by atoms with Crippen molar-refractivity contribution in [3.63, 3.8) is 0 Å². The number of aromatic nitrogens is 3. The minimum Gasteiger partial charge on any atom is -0.300 e. The van der Waals surface area contributed by atoms with Gasteiger partial charge in [-0.2, -0.15) is 0 Å². The van der Waals surface area contributed by atoms with E-state index >= 15 is 0 Å². The van der Waals surface area contributed by atoms with Gasteiger partial charge in [0.2, 0.25) is 0 Å². The van der Waals surface area contributed by atoms with Gasteiger partial charge < -0.3 is 0 Å². The monoisotopic (exact) mass is 473 g/mol. The smallest absolute Gasteiger partial charge is 0.253 e. The van der Waals surface area contributed by atoms with Gasteiger partial charge in [-0.15, -0.1) is 21.5 Å². The Bertz CT molecular complexity index is 1390. The Morgan fingerprint density at radius 3 is 2.35 bits per heavy atom. The van der Waals surface area contributed by atoms with Crippen molar-refractivity contribution < 1.29 is 14.4 Å². The highest BCUT2D eigenvalue weighted by molar-refractivity contribution is 7.15. The number of imide groups is 1. The summed E-state index contributed by atoms with van der Waals surface area (Å²) < 4.78 is 2.02. The number of carbonyl (C=O) groups is 3. The molecule has 2 aromatic heterocycles. The van der Waals surface area contributed by atoms with Crippen LogP contribution in [0.5, 0.6) is 0 Å². The third-order valence-electron chi connectivity index (χ3n) is 6.19. The zero-order valence-electron chi connectivity index (χ0n) is 19.3. The van der Waals surface area contributed by atoms with Crippen LogP contribution in [0.25, 0.3) is 5.00 Å². The Labute approximate surface area is 200 Å². The first-order chi connectivity index (χ1) is 16.2. The van der Waals surface area contributed by atoms with Crippen LogP contribution in [0.4, 0.5) is 0 Å². The van der Waals surface area contributed by atoms with Gasteiger partial charge in [-0.25, -0.2) is 0 Å². The minimum absolute atomic E-state index is 0.0300. The molecule has 0 saturated heterocycles. The Morgan fingerprint density at radius 2 is 1.71 bits per heavy atom. The first kappa shape index (κ1) is 22.1. The molecular weight excluding hydrogens is 450 g/mol. The number of thiophene rings is 1. The zero-order chi connectivity index (χ0) is 24.1. The van der Waals surface area contributed by atoms with Gasteiger partial charge in [-0.3, -0.25) is 28.8 Å². The fourth-order valence-corrected chi connectivity index (χ4v) is 5.55. The molecule has 0 fully saturated rings. The van der Waals surface area contributed by atoms with Crippen LogP contribution in [0.3, 0.4) is 0 Å². The minimum atomic E-state index is -0.446. The molecule has 8 nitrogen and oxygen atoms in total. The van der Waals surface area contributed by atoms with Crippen LogP contribution in [-0.4, -0.2) is 43.0 Å². The number of ketones is 1. The molecule has 0 spiro atoms. The Hall–Kier alpha value is -3.72. The van der Waals surface area contributed by atoms with Crippen molar-refractivity contribution in [1.29, 1.82) is 0 Å². The highest BCUT2D eigenvalue weighted by atomic mass is 32.1. The lowest BCUT2D eigenvalue weighted by Gasteiger charge is -2.15. The summed E-state index contributed by atoms with van der Waals surface area (Å²) in [6.45, 7) is 7.84. The van der Waals surface area contributed by atoms with Crippen molar-refractivity contribution >= 4 is 34.6 Å². The summed E-state index contributed by atoms with van der Waals surface area (Å²) in [5.41, 5.74) is 4.68. The first-order valence-corrected chi connectivity index (χ1v) is 11.8. The van der Waals surface area contributed by atoms with Gasteiger partial charge in [-0.1, -0.05) is 24.3 Å². The summed E-state index contributed by atoms with van der Waals surface area (Å²) >= 11 is 1.66. The molecule has 2 amide bonds. The van der Waals surface area contributed by atoms with E-state index in [0.29, 0.717) is 5.82 Å². The number of hydrogen-bond donors (Lipinski definition) is 0. The number of Topliss-reactive ketones (excluding diaryl/α,β-unsaturated/α-hetero) is 1. The fourth-order valence-electron chi connectivity index (χ4n) is 4.33. The van der Waals surface area contributed by atoms with Gasteiger partial charge in [0.1, 0.15) is 22.7 Å². The summed E-state index contributed by atoms with van der Waals surface area (Å²) in [6.07, 6.45) is 2.81. The molecule has 172 valence electrons. The van der Waals surface area contributed by atoms with E-state index in [1.807, 2.05) is 35.8 Å². The van der Waals surface area contributed by atoms with Gasteiger partial charge in [0.15, 0.2) is 5.82 Å². The zero-order valence-corrected chi connectivity index (χ0v) is 20.1. The molecule has 1 atom stereocenters. The van der Waals surface area contributed by atoms with Crippen molar-refractivity contribution in [2.24, 2.45) is 4.99 Å². The molecule has 0 radical (unpaired) electrons. The number of hydrogen-bond acceptors (Lipinski definition) is 7. The molecule has 0 aliphatic carbocycles. The number of fused-ring (bicyclic) bond motifs is 3. The summed E-state index contributed by atoms with van der Waals surface area (Å²) in [5.74, 6) is 0.845. The van der Waals surface area contributed by atoms with E-state index in [0.717, 1.165) is 38.8 Å². The number of nitrogens with zero attached hydrogens (tertiary/aromatic N) is 5. The first-order valence-electron chi connectivity index (χ1n) is 11.0. The molecular formula is C25H23N5O3S. The number of benzene rings is 1. The molecule has 2 aliphatic rings. The molecule has 9 heteroatoms. The van der Waals surface area contributed by atoms with Crippen molar-refractivity contribution in [2.75, 3.05) is 0 Å². The molecule has 1 aromatic carbocycles. The second-order valence-electron chi connectivity index (χ2n) is 8.60. The number of aryl methyl sites for hydroxylation is 2.